The second-order valence-corrected chi connectivity index (χ2v) is 4.57. The SMILES string of the molecule is CCCC(C)C(N)Cc1cncs1. The smallest absolute Gasteiger partial charge is 0.0794 e. The minimum Gasteiger partial charge on any atom is -0.327 e. The van der Waals surface area contributed by atoms with E-state index in [0.29, 0.717) is 12.0 Å². The molecule has 0 bridgehead atoms. The molecule has 1 aromatic heterocycles. The first-order chi connectivity index (χ1) is 6.24. The fraction of sp³-hybridized carbons (Fsp3) is 0.700. The van der Waals surface area contributed by atoms with Gasteiger partial charge in [-0.05, 0) is 18.8 Å². The summed E-state index contributed by atoms with van der Waals surface area (Å²) in [7, 11) is 0. The van der Waals surface area contributed by atoms with Gasteiger partial charge in [-0.25, -0.2) is 0 Å². The fourth-order valence-corrected chi connectivity index (χ4v) is 2.11. The summed E-state index contributed by atoms with van der Waals surface area (Å²) < 4.78 is 0. The van der Waals surface area contributed by atoms with Crippen LogP contribution in [0.3, 0.4) is 0 Å². The Bertz CT molecular complexity index is 221. The molecule has 13 heavy (non-hydrogen) atoms. The molecule has 0 aliphatic heterocycles. The minimum atomic E-state index is 0.292. The average Bonchev–Trinajstić information content (AvgIpc) is 2.57. The molecule has 0 saturated carbocycles. The lowest BCUT2D eigenvalue weighted by Crippen LogP contribution is -2.30. The van der Waals surface area contributed by atoms with Crippen molar-refractivity contribution in [1.29, 1.82) is 0 Å². The fourth-order valence-electron chi connectivity index (χ4n) is 1.45. The van der Waals surface area contributed by atoms with Gasteiger partial charge in [0.15, 0.2) is 0 Å². The normalized spacial score (nSPS) is 15.6. The maximum Gasteiger partial charge on any atom is 0.0794 e. The Morgan fingerprint density at radius 3 is 2.92 bits per heavy atom. The van der Waals surface area contributed by atoms with E-state index in [1.165, 1.54) is 17.7 Å². The van der Waals surface area contributed by atoms with Crippen molar-refractivity contribution < 1.29 is 0 Å². The highest BCUT2D eigenvalue weighted by molar-refractivity contribution is 7.09. The third-order valence-electron chi connectivity index (χ3n) is 2.40. The first-order valence-corrected chi connectivity index (χ1v) is 5.75. The average molecular weight is 198 g/mol. The van der Waals surface area contributed by atoms with E-state index in [1.807, 2.05) is 11.7 Å². The second-order valence-electron chi connectivity index (χ2n) is 3.60. The molecular weight excluding hydrogens is 180 g/mol. The summed E-state index contributed by atoms with van der Waals surface area (Å²) in [6, 6.07) is 0.292. The highest BCUT2D eigenvalue weighted by Crippen LogP contribution is 2.15. The molecule has 74 valence electrons. The van der Waals surface area contributed by atoms with Crippen molar-refractivity contribution in [2.45, 2.75) is 39.2 Å². The monoisotopic (exact) mass is 198 g/mol. The van der Waals surface area contributed by atoms with Crippen LogP contribution in [0.4, 0.5) is 0 Å². The third kappa shape index (κ3) is 3.44. The van der Waals surface area contributed by atoms with Gasteiger partial charge in [-0.15, -0.1) is 11.3 Å². The van der Waals surface area contributed by atoms with Crippen LogP contribution in [0, 0.1) is 5.92 Å². The molecule has 3 heteroatoms. The van der Waals surface area contributed by atoms with Gasteiger partial charge in [0, 0.05) is 17.1 Å². The van der Waals surface area contributed by atoms with Gasteiger partial charge in [0.2, 0.25) is 0 Å². The van der Waals surface area contributed by atoms with Crippen LogP contribution in [-0.4, -0.2) is 11.0 Å². The number of nitrogens with two attached hydrogens (primary N) is 1. The Morgan fingerprint density at radius 1 is 1.62 bits per heavy atom. The molecule has 0 amide bonds. The topological polar surface area (TPSA) is 38.9 Å². The van der Waals surface area contributed by atoms with E-state index in [1.54, 1.807) is 11.3 Å². The standard InChI is InChI=1S/C10H18N2S/c1-3-4-8(2)10(11)5-9-6-12-7-13-9/h6-8,10H,3-5,11H2,1-2H3. The lowest BCUT2D eigenvalue weighted by molar-refractivity contribution is 0.421. The van der Waals surface area contributed by atoms with Gasteiger partial charge in [-0.1, -0.05) is 20.3 Å². The van der Waals surface area contributed by atoms with E-state index in [2.05, 4.69) is 18.8 Å². The summed E-state index contributed by atoms with van der Waals surface area (Å²) in [6.45, 7) is 4.44. The van der Waals surface area contributed by atoms with Gasteiger partial charge in [-0.2, -0.15) is 0 Å². The van der Waals surface area contributed by atoms with Gasteiger partial charge < -0.3 is 5.73 Å². The molecule has 1 rings (SSSR count). The summed E-state index contributed by atoms with van der Waals surface area (Å²) in [5.74, 6) is 0.618. The third-order valence-corrected chi connectivity index (χ3v) is 3.20. The molecule has 1 aromatic rings. The quantitative estimate of drug-likeness (QED) is 0.789. The van der Waals surface area contributed by atoms with E-state index < -0.39 is 0 Å². The van der Waals surface area contributed by atoms with Crippen LogP contribution in [0.1, 0.15) is 31.6 Å². The van der Waals surface area contributed by atoms with Gasteiger partial charge in [0.25, 0.3) is 0 Å². The number of thiazole rings is 1. The molecule has 0 aliphatic rings. The van der Waals surface area contributed by atoms with E-state index in [4.69, 9.17) is 5.73 Å². The van der Waals surface area contributed by atoms with E-state index >= 15 is 0 Å². The zero-order valence-corrected chi connectivity index (χ0v) is 9.18. The van der Waals surface area contributed by atoms with E-state index in [0.717, 1.165) is 6.42 Å². The first kappa shape index (κ1) is 10.7. The lowest BCUT2D eigenvalue weighted by Gasteiger charge is -2.18. The van der Waals surface area contributed by atoms with Crippen molar-refractivity contribution in [3.8, 4) is 0 Å². The lowest BCUT2D eigenvalue weighted by atomic mass is 9.95. The summed E-state index contributed by atoms with van der Waals surface area (Å²) in [5.41, 5.74) is 7.94. The van der Waals surface area contributed by atoms with Crippen LogP contribution in [0.5, 0.6) is 0 Å². The zero-order chi connectivity index (χ0) is 9.68. The highest BCUT2D eigenvalue weighted by Gasteiger charge is 2.12. The molecule has 2 N–H and O–H groups in total. The Morgan fingerprint density at radius 2 is 2.38 bits per heavy atom. The predicted molar refractivity (Wildman–Crippen MR) is 57.9 cm³/mol. The van der Waals surface area contributed by atoms with Crippen LogP contribution in [0.25, 0.3) is 0 Å². The molecule has 2 nitrogen and oxygen atoms in total. The largest absolute Gasteiger partial charge is 0.327 e. The van der Waals surface area contributed by atoms with Gasteiger partial charge >= 0.3 is 0 Å². The van der Waals surface area contributed by atoms with Gasteiger partial charge in [-0.3, -0.25) is 4.98 Å². The number of rotatable bonds is 5. The molecule has 0 fully saturated rings. The predicted octanol–water partition coefficient (Wildman–Crippen LogP) is 2.45. The number of aromatic nitrogens is 1. The number of hydrogen-bond donors (Lipinski definition) is 1. The molecule has 2 atom stereocenters. The van der Waals surface area contributed by atoms with Gasteiger partial charge in [0.1, 0.15) is 0 Å². The maximum atomic E-state index is 6.07. The minimum absolute atomic E-state index is 0.292. The first-order valence-electron chi connectivity index (χ1n) is 4.87. The molecule has 0 aliphatic carbocycles. The molecule has 1 heterocycles. The van der Waals surface area contributed by atoms with Crippen molar-refractivity contribution in [2.75, 3.05) is 0 Å². The van der Waals surface area contributed by atoms with E-state index in [9.17, 15) is 0 Å². The summed E-state index contributed by atoms with van der Waals surface area (Å²) in [6.07, 6.45) is 5.34. The maximum absolute atomic E-state index is 6.07. The van der Waals surface area contributed by atoms with Crippen LogP contribution < -0.4 is 5.73 Å². The molecule has 0 radical (unpaired) electrons. The van der Waals surface area contributed by atoms with Crippen molar-refractivity contribution in [3.63, 3.8) is 0 Å². The Kier molecular flexibility index (Phi) is 4.39. The molecular formula is C10H18N2S. The molecule has 0 spiro atoms. The molecule has 2 unspecified atom stereocenters. The van der Waals surface area contributed by atoms with Crippen LogP contribution in [-0.2, 0) is 6.42 Å². The molecule has 0 aromatic carbocycles. The molecule has 0 saturated heterocycles. The summed E-state index contributed by atoms with van der Waals surface area (Å²) in [5, 5.41) is 0. The Labute approximate surface area is 84.2 Å². The number of nitrogens with zero attached hydrogens (tertiary/aromatic N) is 1. The Balaban J connectivity index is 2.36. The van der Waals surface area contributed by atoms with Crippen molar-refractivity contribution in [1.82, 2.24) is 4.98 Å². The van der Waals surface area contributed by atoms with Gasteiger partial charge in [0.05, 0.1) is 5.51 Å². The highest BCUT2D eigenvalue weighted by atomic mass is 32.1. The Hall–Kier alpha value is -0.410. The second kappa shape index (κ2) is 5.35. The van der Waals surface area contributed by atoms with Crippen molar-refractivity contribution in [2.24, 2.45) is 11.7 Å². The van der Waals surface area contributed by atoms with Crippen LogP contribution in [0.2, 0.25) is 0 Å². The van der Waals surface area contributed by atoms with Crippen molar-refractivity contribution in [3.05, 3.63) is 16.6 Å². The summed E-state index contributed by atoms with van der Waals surface area (Å²) >= 11 is 1.70. The zero-order valence-electron chi connectivity index (χ0n) is 8.36. The van der Waals surface area contributed by atoms with E-state index in [-0.39, 0.29) is 0 Å². The number of hydrogen-bond acceptors (Lipinski definition) is 3. The summed E-state index contributed by atoms with van der Waals surface area (Å²) in [4.78, 5) is 5.34. The van der Waals surface area contributed by atoms with Crippen LogP contribution >= 0.6 is 11.3 Å². The van der Waals surface area contributed by atoms with Crippen molar-refractivity contribution >= 4 is 11.3 Å². The van der Waals surface area contributed by atoms with Crippen LogP contribution in [0.15, 0.2) is 11.7 Å².